The predicted octanol–water partition coefficient (Wildman–Crippen LogP) is 1.69. The molecular weight excluding hydrogens is 237 g/mol. The highest BCUT2D eigenvalue weighted by atomic mass is 19.1. The van der Waals surface area contributed by atoms with Crippen LogP contribution in [-0.4, -0.2) is 21.0 Å². The molecule has 0 saturated heterocycles. The number of aromatic nitrogens is 2. The van der Waals surface area contributed by atoms with Crippen molar-refractivity contribution in [1.82, 2.24) is 9.97 Å². The molecule has 0 aliphatic carbocycles. The van der Waals surface area contributed by atoms with Crippen molar-refractivity contribution in [3.05, 3.63) is 42.1 Å². The minimum atomic E-state index is -0.984. The Morgan fingerprint density at radius 2 is 2.11 bits per heavy atom. The minimum Gasteiger partial charge on any atom is -0.481 e. The zero-order valence-electron chi connectivity index (χ0n) is 9.43. The fourth-order valence-corrected chi connectivity index (χ4v) is 1.59. The lowest BCUT2D eigenvalue weighted by Gasteiger charge is -2.04. The quantitative estimate of drug-likeness (QED) is 0.768. The Kier molecular flexibility index (Phi) is 3.38. The van der Waals surface area contributed by atoms with E-state index in [2.05, 4.69) is 9.97 Å². The number of nitrogens with two attached hydrogens (primary N) is 1. The number of hydrogen-bond donors (Lipinski definition) is 3. The summed E-state index contributed by atoms with van der Waals surface area (Å²) in [4.78, 5) is 17.5. The summed E-state index contributed by atoms with van der Waals surface area (Å²) in [6.45, 7) is 0. The molecule has 0 bridgehead atoms. The molecule has 1 heterocycles. The Balaban J connectivity index is 2.19. The van der Waals surface area contributed by atoms with Gasteiger partial charge in [0.25, 0.3) is 0 Å². The molecule has 1 unspecified atom stereocenters. The van der Waals surface area contributed by atoms with E-state index in [1.54, 1.807) is 18.3 Å². The van der Waals surface area contributed by atoms with Gasteiger partial charge in [-0.25, -0.2) is 9.37 Å². The zero-order valence-corrected chi connectivity index (χ0v) is 9.43. The van der Waals surface area contributed by atoms with Crippen LogP contribution in [0.1, 0.15) is 18.3 Å². The van der Waals surface area contributed by atoms with Crippen molar-refractivity contribution in [3.63, 3.8) is 0 Å². The van der Waals surface area contributed by atoms with Crippen LogP contribution in [-0.2, 0) is 4.79 Å². The minimum absolute atomic E-state index is 0.198. The van der Waals surface area contributed by atoms with Crippen molar-refractivity contribution >= 4 is 5.97 Å². The number of H-pyrrole nitrogens is 1. The summed E-state index contributed by atoms with van der Waals surface area (Å²) >= 11 is 0. The van der Waals surface area contributed by atoms with E-state index in [-0.39, 0.29) is 12.2 Å². The maximum atomic E-state index is 12.8. The summed E-state index contributed by atoms with van der Waals surface area (Å²) < 4.78 is 12.8. The van der Waals surface area contributed by atoms with Crippen LogP contribution in [0, 0.1) is 5.82 Å². The van der Waals surface area contributed by atoms with Crippen molar-refractivity contribution in [3.8, 4) is 11.3 Å². The summed E-state index contributed by atoms with van der Waals surface area (Å²) in [5.41, 5.74) is 7.11. The Hall–Kier alpha value is -2.21. The van der Waals surface area contributed by atoms with Crippen LogP contribution in [0.4, 0.5) is 4.39 Å². The van der Waals surface area contributed by atoms with Gasteiger partial charge in [0.1, 0.15) is 11.6 Å². The number of hydrogen-bond acceptors (Lipinski definition) is 3. The first-order valence-electron chi connectivity index (χ1n) is 5.34. The highest BCUT2D eigenvalue weighted by Crippen LogP contribution is 2.19. The number of halogens is 1. The maximum Gasteiger partial charge on any atom is 0.305 e. The number of nitrogens with one attached hydrogen (secondary N) is 1. The van der Waals surface area contributed by atoms with Crippen LogP contribution in [0.5, 0.6) is 0 Å². The van der Waals surface area contributed by atoms with Gasteiger partial charge in [-0.05, 0) is 29.8 Å². The number of benzene rings is 1. The molecule has 6 heteroatoms. The van der Waals surface area contributed by atoms with Gasteiger partial charge in [-0.1, -0.05) is 0 Å². The average Bonchev–Trinajstić information content (AvgIpc) is 2.78. The number of aromatic amines is 1. The Morgan fingerprint density at radius 1 is 1.44 bits per heavy atom. The van der Waals surface area contributed by atoms with Gasteiger partial charge in [0.05, 0.1) is 24.4 Å². The highest BCUT2D eigenvalue weighted by molar-refractivity contribution is 5.67. The molecule has 0 saturated carbocycles. The molecule has 0 radical (unpaired) electrons. The summed E-state index contributed by atoms with van der Waals surface area (Å²) in [5.74, 6) is -0.903. The van der Waals surface area contributed by atoms with Crippen LogP contribution in [0.15, 0.2) is 30.5 Å². The van der Waals surface area contributed by atoms with Gasteiger partial charge in [-0.3, -0.25) is 4.79 Å². The van der Waals surface area contributed by atoms with Crippen LogP contribution < -0.4 is 5.73 Å². The van der Waals surface area contributed by atoms with E-state index in [4.69, 9.17) is 10.8 Å². The third-order valence-corrected chi connectivity index (χ3v) is 2.50. The van der Waals surface area contributed by atoms with Gasteiger partial charge in [0.2, 0.25) is 0 Å². The molecule has 1 atom stereocenters. The van der Waals surface area contributed by atoms with Gasteiger partial charge in [0.15, 0.2) is 0 Å². The molecule has 0 amide bonds. The van der Waals surface area contributed by atoms with E-state index in [9.17, 15) is 9.18 Å². The molecule has 0 aliphatic heterocycles. The molecule has 18 heavy (non-hydrogen) atoms. The molecule has 0 aliphatic rings. The van der Waals surface area contributed by atoms with E-state index in [0.717, 1.165) is 5.56 Å². The number of nitrogens with zero attached hydrogens (tertiary/aromatic N) is 1. The van der Waals surface area contributed by atoms with E-state index < -0.39 is 12.0 Å². The van der Waals surface area contributed by atoms with Crippen LogP contribution in [0.2, 0.25) is 0 Å². The van der Waals surface area contributed by atoms with Gasteiger partial charge in [-0.15, -0.1) is 0 Å². The highest BCUT2D eigenvalue weighted by Gasteiger charge is 2.14. The van der Waals surface area contributed by atoms with Crippen molar-refractivity contribution < 1.29 is 14.3 Å². The summed E-state index contributed by atoms with van der Waals surface area (Å²) in [7, 11) is 0. The van der Waals surface area contributed by atoms with Crippen LogP contribution >= 0.6 is 0 Å². The lowest BCUT2D eigenvalue weighted by Crippen LogP contribution is -2.16. The van der Waals surface area contributed by atoms with Gasteiger partial charge in [-0.2, -0.15) is 0 Å². The standard InChI is InChI=1S/C12H12FN3O2/c13-8-3-1-7(2-4-8)10-6-15-12(16-10)9(14)5-11(17)18/h1-4,6,9H,5,14H2,(H,15,16)(H,17,18). The largest absolute Gasteiger partial charge is 0.481 e. The molecule has 2 aromatic rings. The fraction of sp³-hybridized carbons (Fsp3) is 0.167. The zero-order chi connectivity index (χ0) is 13.1. The number of carboxylic acids is 1. The summed E-state index contributed by atoms with van der Waals surface area (Å²) in [6.07, 6.45) is 1.35. The van der Waals surface area contributed by atoms with Crippen molar-refractivity contribution in [2.24, 2.45) is 5.73 Å². The Morgan fingerprint density at radius 3 is 2.72 bits per heavy atom. The van der Waals surface area contributed by atoms with Crippen molar-refractivity contribution in [1.29, 1.82) is 0 Å². The average molecular weight is 249 g/mol. The van der Waals surface area contributed by atoms with Crippen LogP contribution in [0.3, 0.4) is 0 Å². The Labute approximate surface area is 102 Å². The number of carboxylic acid groups (broad SMARTS) is 1. The SMILES string of the molecule is NC(CC(=O)O)c1ncc(-c2ccc(F)cc2)[nH]1. The second-order valence-corrected chi connectivity index (χ2v) is 3.89. The third kappa shape index (κ3) is 2.72. The molecule has 2 rings (SSSR count). The van der Waals surface area contributed by atoms with Crippen molar-refractivity contribution in [2.45, 2.75) is 12.5 Å². The number of imidazole rings is 1. The number of rotatable bonds is 4. The lowest BCUT2D eigenvalue weighted by atomic mass is 10.2. The summed E-state index contributed by atoms with van der Waals surface area (Å²) in [5, 5.41) is 8.64. The molecule has 4 N–H and O–H groups in total. The smallest absolute Gasteiger partial charge is 0.305 e. The molecular formula is C12H12FN3O2. The normalized spacial score (nSPS) is 12.3. The second-order valence-electron chi connectivity index (χ2n) is 3.89. The predicted molar refractivity (Wildman–Crippen MR) is 63.2 cm³/mol. The molecule has 5 nitrogen and oxygen atoms in total. The first kappa shape index (κ1) is 12.3. The van der Waals surface area contributed by atoms with E-state index in [1.165, 1.54) is 12.1 Å². The first-order chi connectivity index (χ1) is 8.56. The van der Waals surface area contributed by atoms with E-state index in [1.807, 2.05) is 0 Å². The van der Waals surface area contributed by atoms with E-state index >= 15 is 0 Å². The van der Waals surface area contributed by atoms with Gasteiger partial charge < -0.3 is 15.8 Å². The molecule has 0 spiro atoms. The lowest BCUT2D eigenvalue weighted by molar-refractivity contribution is -0.137. The Bertz CT molecular complexity index is 551. The maximum absolute atomic E-state index is 12.8. The van der Waals surface area contributed by atoms with Crippen molar-refractivity contribution in [2.75, 3.05) is 0 Å². The number of aliphatic carboxylic acids is 1. The second kappa shape index (κ2) is 4.97. The monoisotopic (exact) mass is 249 g/mol. The fourth-order valence-electron chi connectivity index (χ4n) is 1.59. The third-order valence-electron chi connectivity index (χ3n) is 2.50. The molecule has 1 aromatic carbocycles. The molecule has 0 fully saturated rings. The van der Waals surface area contributed by atoms with Crippen LogP contribution in [0.25, 0.3) is 11.3 Å². The van der Waals surface area contributed by atoms with E-state index in [0.29, 0.717) is 11.5 Å². The summed E-state index contributed by atoms with van der Waals surface area (Å²) in [6, 6.07) is 5.21. The van der Waals surface area contributed by atoms with Gasteiger partial charge >= 0.3 is 5.97 Å². The van der Waals surface area contributed by atoms with Gasteiger partial charge in [0, 0.05) is 0 Å². The first-order valence-corrected chi connectivity index (χ1v) is 5.34. The molecule has 1 aromatic heterocycles. The number of carbonyl (C=O) groups is 1. The topological polar surface area (TPSA) is 92.0 Å². The molecule has 94 valence electrons.